The molecule has 0 bridgehead atoms. The lowest BCUT2D eigenvalue weighted by Crippen LogP contribution is -2.10. The lowest BCUT2D eigenvalue weighted by Gasteiger charge is -2.13. The Morgan fingerprint density at radius 1 is 1.36 bits per heavy atom. The second-order valence-corrected chi connectivity index (χ2v) is 8.04. The van der Waals surface area contributed by atoms with Crippen molar-refractivity contribution < 1.29 is 9.53 Å². The Labute approximate surface area is 143 Å². The van der Waals surface area contributed by atoms with Crippen LogP contribution in [0.4, 0.5) is 0 Å². The molecule has 2 rings (SSSR count). The molecule has 0 aliphatic heterocycles. The van der Waals surface area contributed by atoms with Gasteiger partial charge in [-0.3, -0.25) is 0 Å². The number of carbonyl (C=O) groups is 1. The van der Waals surface area contributed by atoms with Gasteiger partial charge in [-0.15, -0.1) is 11.3 Å². The number of ether oxygens (including phenoxy) is 1. The third-order valence-electron chi connectivity index (χ3n) is 3.17. The number of hydrogen-bond acceptors (Lipinski definition) is 4. The van der Waals surface area contributed by atoms with Crippen LogP contribution in [-0.2, 0) is 10.2 Å². The molecule has 0 saturated heterocycles. The lowest BCUT2D eigenvalue weighted by atomic mass is 9.98. The van der Waals surface area contributed by atoms with Crippen LogP contribution in [0.3, 0.4) is 0 Å². The molecule has 1 heterocycles. The zero-order valence-corrected chi connectivity index (χ0v) is 15.9. The van der Waals surface area contributed by atoms with E-state index in [-0.39, 0.29) is 11.4 Å². The molecule has 0 aliphatic carbocycles. The number of thiazole rings is 1. The number of benzene rings is 1. The molecule has 0 atom stereocenters. The summed E-state index contributed by atoms with van der Waals surface area (Å²) >= 11 is 4.89. The fourth-order valence-corrected chi connectivity index (χ4v) is 3.56. The molecular weight excluding hydrogens is 362 g/mol. The standard InChI is InChI=1S/C17H20BrNO2S/c1-6-21-15(20)14-13(19-16(22-14)17(3,4)5)12-8-7-11(18)9-10(12)2/h7-9H,6H2,1-5H3. The molecule has 0 aliphatic rings. The Bertz CT molecular complexity index is 701. The summed E-state index contributed by atoms with van der Waals surface area (Å²) in [5, 5.41) is 0.938. The summed E-state index contributed by atoms with van der Waals surface area (Å²) in [6.07, 6.45) is 0. The second kappa shape index (κ2) is 6.50. The summed E-state index contributed by atoms with van der Waals surface area (Å²) in [5.41, 5.74) is 2.66. The minimum Gasteiger partial charge on any atom is -0.462 e. The van der Waals surface area contributed by atoms with E-state index in [2.05, 4.69) is 36.7 Å². The first-order chi connectivity index (χ1) is 10.2. The average molecular weight is 382 g/mol. The van der Waals surface area contributed by atoms with E-state index in [1.54, 1.807) is 0 Å². The van der Waals surface area contributed by atoms with E-state index >= 15 is 0 Å². The number of carbonyl (C=O) groups excluding carboxylic acids is 1. The molecule has 3 nitrogen and oxygen atoms in total. The summed E-state index contributed by atoms with van der Waals surface area (Å²) in [6, 6.07) is 5.98. The minimum absolute atomic E-state index is 0.104. The van der Waals surface area contributed by atoms with Gasteiger partial charge in [0.25, 0.3) is 0 Å². The fraction of sp³-hybridized carbons (Fsp3) is 0.412. The van der Waals surface area contributed by atoms with E-state index < -0.39 is 0 Å². The highest BCUT2D eigenvalue weighted by Gasteiger charge is 2.26. The third-order valence-corrected chi connectivity index (χ3v) is 5.13. The van der Waals surface area contributed by atoms with E-state index in [0.29, 0.717) is 11.5 Å². The zero-order valence-electron chi connectivity index (χ0n) is 13.5. The topological polar surface area (TPSA) is 39.2 Å². The van der Waals surface area contributed by atoms with Crippen molar-refractivity contribution in [3.8, 4) is 11.3 Å². The molecule has 0 saturated carbocycles. The Kier molecular flexibility index (Phi) is 5.07. The molecule has 0 N–H and O–H groups in total. The number of aryl methyl sites for hydroxylation is 1. The zero-order chi connectivity index (χ0) is 16.5. The summed E-state index contributed by atoms with van der Waals surface area (Å²) < 4.78 is 6.21. The van der Waals surface area contributed by atoms with Crippen molar-refractivity contribution in [3.05, 3.63) is 38.1 Å². The fourth-order valence-electron chi connectivity index (χ4n) is 2.05. The van der Waals surface area contributed by atoms with Crippen molar-refractivity contribution in [1.29, 1.82) is 0 Å². The Hall–Kier alpha value is -1.20. The van der Waals surface area contributed by atoms with Crippen molar-refractivity contribution in [2.75, 3.05) is 6.61 Å². The minimum atomic E-state index is -0.298. The lowest BCUT2D eigenvalue weighted by molar-refractivity contribution is 0.0532. The van der Waals surface area contributed by atoms with Crippen molar-refractivity contribution in [2.45, 2.75) is 40.0 Å². The monoisotopic (exact) mass is 381 g/mol. The van der Waals surface area contributed by atoms with Crippen molar-refractivity contribution in [1.82, 2.24) is 4.98 Å². The van der Waals surface area contributed by atoms with E-state index in [1.165, 1.54) is 11.3 Å². The molecule has 0 unspecified atom stereocenters. The van der Waals surface area contributed by atoms with Gasteiger partial charge in [-0.1, -0.05) is 42.8 Å². The normalized spacial score (nSPS) is 11.5. The molecule has 0 radical (unpaired) electrons. The van der Waals surface area contributed by atoms with Crippen LogP contribution < -0.4 is 0 Å². The van der Waals surface area contributed by atoms with Crippen LogP contribution in [0, 0.1) is 6.92 Å². The van der Waals surface area contributed by atoms with Crippen molar-refractivity contribution >= 4 is 33.2 Å². The maximum atomic E-state index is 12.3. The maximum Gasteiger partial charge on any atom is 0.350 e. The van der Waals surface area contributed by atoms with Gasteiger partial charge in [0.15, 0.2) is 0 Å². The number of esters is 1. The van der Waals surface area contributed by atoms with Crippen LogP contribution >= 0.6 is 27.3 Å². The van der Waals surface area contributed by atoms with E-state index in [1.807, 2.05) is 32.0 Å². The predicted octanol–water partition coefficient (Wildman–Crippen LogP) is 5.36. The van der Waals surface area contributed by atoms with E-state index in [0.717, 1.165) is 26.3 Å². The van der Waals surface area contributed by atoms with Crippen LogP contribution in [0.5, 0.6) is 0 Å². The molecule has 22 heavy (non-hydrogen) atoms. The summed E-state index contributed by atoms with van der Waals surface area (Å²) in [7, 11) is 0. The average Bonchev–Trinajstić information content (AvgIpc) is 2.83. The molecule has 5 heteroatoms. The van der Waals surface area contributed by atoms with Gasteiger partial charge in [-0.25, -0.2) is 9.78 Å². The SMILES string of the molecule is CCOC(=O)c1sc(C(C)(C)C)nc1-c1ccc(Br)cc1C. The quantitative estimate of drug-likeness (QED) is 0.672. The molecule has 0 amide bonds. The van der Waals surface area contributed by atoms with Crippen LogP contribution in [-0.4, -0.2) is 17.6 Å². The van der Waals surface area contributed by atoms with Gasteiger partial charge < -0.3 is 4.74 Å². The first-order valence-electron chi connectivity index (χ1n) is 7.19. The van der Waals surface area contributed by atoms with Crippen molar-refractivity contribution in [3.63, 3.8) is 0 Å². The number of rotatable bonds is 3. The van der Waals surface area contributed by atoms with Crippen LogP contribution in [0.1, 0.15) is 47.9 Å². The van der Waals surface area contributed by atoms with E-state index in [4.69, 9.17) is 9.72 Å². The summed E-state index contributed by atoms with van der Waals surface area (Å²) in [5.74, 6) is -0.298. The Balaban J connectivity index is 2.62. The number of nitrogens with zero attached hydrogens (tertiary/aromatic N) is 1. The number of halogens is 1. The number of aromatic nitrogens is 1. The smallest absolute Gasteiger partial charge is 0.350 e. The van der Waals surface area contributed by atoms with Gasteiger partial charge in [0.1, 0.15) is 4.88 Å². The predicted molar refractivity (Wildman–Crippen MR) is 94.6 cm³/mol. The Morgan fingerprint density at radius 3 is 2.59 bits per heavy atom. The maximum absolute atomic E-state index is 12.3. The molecule has 0 spiro atoms. The van der Waals surface area contributed by atoms with Gasteiger partial charge in [0.2, 0.25) is 0 Å². The molecule has 1 aromatic carbocycles. The van der Waals surface area contributed by atoms with Gasteiger partial charge in [0, 0.05) is 15.5 Å². The molecular formula is C17H20BrNO2S. The van der Waals surface area contributed by atoms with Crippen LogP contribution in [0.25, 0.3) is 11.3 Å². The molecule has 0 fully saturated rings. The molecule has 118 valence electrons. The summed E-state index contributed by atoms with van der Waals surface area (Å²) in [6.45, 7) is 10.5. The van der Waals surface area contributed by atoms with Gasteiger partial charge in [-0.05, 0) is 31.5 Å². The highest BCUT2D eigenvalue weighted by Crippen LogP contribution is 2.36. The van der Waals surface area contributed by atoms with Crippen molar-refractivity contribution in [2.24, 2.45) is 0 Å². The third kappa shape index (κ3) is 3.58. The molecule has 1 aromatic heterocycles. The molecule has 2 aromatic rings. The second-order valence-electron chi connectivity index (χ2n) is 6.13. The Morgan fingerprint density at radius 2 is 2.05 bits per heavy atom. The van der Waals surface area contributed by atoms with E-state index in [9.17, 15) is 4.79 Å². The highest BCUT2D eigenvalue weighted by molar-refractivity contribution is 9.10. The number of hydrogen-bond donors (Lipinski definition) is 0. The highest BCUT2D eigenvalue weighted by atomic mass is 79.9. The van der Waals surface area contributed by atoms with Gasteiger partial charge >= 0.3 is 5.97 Å². The largest absolute Gasteiger partial charge is 0.462 e. The first kappa shape index (κ1) is 17.2. The van der Waals surface area contributed by atoms with Gasteiger partial charge in [-0.2, -0.15) is 0 Å². The van der Waals surface area contributed by atoms with Crippen LogP contribution in [0.15, 0.2) is 22.7 Å². The van der Waals surface area contributed by atoms with Gasteiger partial charge in [0.05, 0.1) is 17.3 Å². The summed E-state index contributed by atoms with van der Waals surface area (Å²) in [4.78, 5) is 17.6. The van der Waals surface area contributed by atoms with Crippen LogP contribution in [0.2, 0.25) is 0 Å². The first-order valence-corrected chi connectivity index (χ1v) is 8.80.